The van der Waals surface area contributed by atoms with E-state index < -0.39 is 5.97 Å². The highest BCUT2D eigenvalue weighted by Crippen LogP contribution is 2.06. The lowest BCUT2D eigenvalue weighted by Gasteiger charge is -1.97. The number of aliphatic carboxylic acids is 1. The largest absolute Gasteiger partial charge is 0.478 e. The van der Waals surface area contributed by atoms with Crippen LogP contribution in [0.3, 0.4) is 0 Å². The maximum atomic E-state index is 10.2. The maximum Gasteiger partial charge on any atom is 0.328 e. The minimum atomic E-state index is -0.902. The molecule has 0 aromatic heterocycles. The van der Waals surface area contributed by atoms with Crippen LogP contribution < -0.4 is 0 Å². The second-order valence-electron chi connectivity index (χ2n) is 3.08. The minimum absolute atomic E-state index is 0.0711. The summed E-state index contributed by atoms with van der Waals surface area (Å²) in [4.78, 5) is 10.2. The van der Waals surface area contributed by atoms with Crippen molar-refractivity contribution < 1.29 is 15.0 Å². The molecule has 0 saturated heterocycles. The van der Waals surface area contributed by atoms with Crippen LogP contribution in [0.2, 0.25) is 0 Å². The molecule has 0 rings (SSSR count). The number of aliphatic hydroxyl groups is 1. The lowest BCUT2D eigenvalue weighted by atomic mass is 10.1. The van der Waals surface area contributed by atoms with Crippen LogP contribution in [0.25, 0.3) is 0 Å². The van der Waals surface area contributed by atoms with Crippen molar-refractivity contribution in [2.75, 3.05) is 6.61 Å². The molecule has 0 aromatic rings. The molecule has 0 spiro atoms. The zero-order chi connectivity index (χ0) is 10.3. The maximum absolute atomic E-state index is 10.2. The number of carboxylic acids is 1. The van der Waals surface area contributed by atoms with Crippen LogP contribution in [0.15, 0.2) is 23.3 Å². The summed E-state index contributed by atoms with van der Waals surface area (Å²) < 4.78 is 0. The van der Waals surface area contributed by atoms with Crippen LogP contribution in [-0.4, -0.2) is 22.8 Å². The van der Waals surface area contributed by atoms with E-state index in [0.717, 1.165) is 24.0 Å². The summed E-state index contributed by atoms with van der Waals surface area (Å²) in [5.41, 5.74) is 1.76. The molecule has 0 aromatic carbocycles. The summed E-state index contributed by atoms with van der Waals surface area (Å²) >= 11 is 0. The monoisotopic (exact) mass is 184 g/mol. The van der Waals surface area contributed by atoms with Gasteiger partial charge in [-0.3, -0.25) is 0 Å². The minimum Gasteiger partial charge on any atom is -0.478 e. The van der Waals surface area contributed by atoms with Gasteiger partial charge in [0.15, 0.2) is 0 Å². The molecule has 0 amide bonds. The number of carboxylic acid groups (broad SMARTS) is 1. The third-order valence-electron chi connectivity index (χ3n) is 1.65. The van der Waals surface area contributed by atoms with Crippen LogP contribution in [0, 0.1) is 0 Å². The standard InChI is InChI=1S/C10H16O3/c1-8(6-10(12)13)4-3-5-9(2)7-11/h5-6,11H,3-4,7H2,1-2H3,(H,12,13). The molecule has 0 radical (unpaired) electrons. The van der Waals surface area contributed by atoms with E-state index in [4.69, 9.17) is 10.2 Å². The number of allylic oxidation sites excluding steroid dienone is 2. The fraction of sp³-hybridized carbons (Fsp3) is 0.500. The Morgan fingerprint density at radius 1 is 1.31 bits per heavy atom. The van der Waals surface area contributed by atoms with Crippen LogP contribution in [0.5, 0.6) is 0 Å². The fourth-order valence-electron chi connectivity index (χ4n) is 0.894. The molecule has 3 heteroatoms. The van der Waals surface area contributed by atoms with E-state index in [1.807, 2.05) is 13.0 Å². The van der Waals surface area contributed by atoms with E-state index in [-0.39, 0.29) is 6.61 Å². The van der Waals surface area contributed by atoms with Gasteiger partial charge in [-0.1, -0.05) is 17.2 Å². The van der Waals surface area contributed by atoms with Gasteiger partial charge in [0, 0.05) is 6.08 Å². The first kappa shape index (κ1) is 11.9. The topological polar surface area (TPSA) is 57.5 Å². The van der Waals surface area contributed by atoms with Crippen molar-refractivity contribution in [2.45, 2.75) is 26.7 Å². The summed E-state index contributed by atoms with van der Waals surface area (Å²) in [6.45, 7) is 3.70. The van der Waals surface area contributed by atoms with Crippen molar-refractivity contribution >= 4 is 5.97 Å². The Morgan fingerprint density at radius 3 is 2.38 bits per heavy atom. The van der Waals surface area contributed by atoms with Crippen molar-refractivity contribution in [3.05, 3.63) is 23.3 Å². The molecule has 0 atom stereocenters. The zero-order valence-corrected chi connectivity index (χ0v) is 8.08. The lowest BCUT2D eigenvalue weighted by molar-refractivity contribution is -0.131. The van der Waals surface area contributed by atoms with E-state index in [9.17, 15) is 4.79 Å². The van der Waals surface area contributed by atoms with Gasteiger partial charge in [0.25, 0.3) is 0 Å². The Bertz CT molecular complexity index is 226. The van der Waals surface area contributed by atoms with E-state index in [1.54, 1.807) is 6.92 Å². The van der Waals surface area contributed by atoms with Gasteiger partial charge in [-0.15, -0.1) is 0 Å². The van der Waals surface area contributed by atoms with Crippen molar-refractivity contribution in [1.29, 1.82) is 0 Å². The van der Waals surface area contributed by atoms with Crippen LogP contribution in [-0.2, 0) is 4.79 Å². The van der Waals surface area contributed by atoms with Crippen molar-refractivity contribution in [3.8, 4) is 0 Å². The fourth-order valence-corrected chi connectivity index (χ4v) is 0.894. The third kappa shape index (κ3) is 7.28. The summed E-state index contributed by atoms with van der Waals surface area (Å²) in [6.07, 6.45) is 4.63. The third-order valence-corrected chi connectivity index (χ3v) is 1.65. The van der Waals surface area contributed by atoms with Crippen LogP contribution >= 0.6 is 0 Å². The molecule has 3 nitrogen and oxygen atoms in total. The van der Waals surface area contributed by atoms with E-state index in [1.165, 1.54) is 6.08 Å². The molecule has 0 saturated carbocycles. The van der Waals surface area contributed by atoms with Gasteiger partial charge >= 0.3 is 5.97 Å². The summed E-state index contributed by atoms with van der Waals surface area (Å²) in [5, 5.41) is 17.1. The molecule has 0 heterocycles. The molecule has 13 heavy (non-hydrogen) atoms. The Labute approximate surface area is 78.4 Å². The van der Waals surface area contributed by atoms with Crippen molar-refractivity contribution in [2.24, 2.45) is 0 Å². The van der Waals surface area contributed by atoms with Gasteiger partial charge in [0.05, 0.1) is 6.61 Å². The number of hydrogen-bond donors (Lipinski definition) is 2. The van der Waals surface area contributed by atoms with Crippen LogP contribution in [0.4, 0.5) is 0 Å². The second-order valence-corrected chi connectivity index (χ2v) is 3.08. The Balaban J connectivity index is 3.83. The smallest absolute Gasteiger partial charge is 0.328 e. The van der Waals surface area contributed by atoms with E-state index >= 15 is 0 Å². The predicted octanol–water partition coefficient (Wildman–Crippen LogP) is 1.74. The average molecular weight is 184 g/mol. The van der Waals surface area contributed by atoms with Crippen molar-refractivity contribution in [3.63, 3.8) is 0 Å². The number of aliphatic hydroxyl groups excluding tert-OH is 1. The molecule has 0 aliphatic rings. The molecule has 0 fully saturated rings. The molecule has 0 bridgehead atoms. The second kappa shape index (κ2) is 6.43. The number of carbonyl (C=O) groups is 1. The number of rotatable bonds is 5. The highest BCUT2D eigenvalue weighted by Gasteiger charge is 1.93. The van der Waals surface area contributed by atoms with Gasteiger partial charge < -0.3 is 10.2 Å². The van der Waals surface area contributed by atoms with Gasteiger partial charge in [-0.05, 0) is 26.7 Å². The highest BCUT2D eigenvalue weighted by atomic mass is 16.4. The highest BCUT2D eigenvalue weighted by molar-refractivity contribution is 5.80. The van der Waals surface area contributed by atoms with Gasteiger partial charge in [0.2, 0.25) is 0 Å². The quantitative estimate of drug-likeness (QED) is 0.505. The summed E-state index contributed by atoms with van der Waals surface area (Å²) in [6, 6.07) is 0. The molecular weight excluding hydrogens is 168 g/mol. The molecule has 2 N–H and O–H groups in total. The zero-order valence-electron chi connectivity index (χ0n) is 8.08. The van der Waals surface area contributed by atoms with Gasteiger partial charge in [-0.2, -0.15) is 0 Å². The SMILES string of the molecule is CC(=CCCC(C)=CC(=O)O)CO. The lowest BCUT2D eigenvalue weighted by Crippen LogP contribution is -1.90. The molecular formula is C10H16O3. The van der Waals surface area contributed by atoms with E-state index in [2.05, 4.69) is 0 Å². The normalized spacial score (nSPS) is 13.2. The Kier molecular flexibility index (Phi) is 5.89. The first-order chi connectivity index (χ1) is 6.06. The Morgan fingerprint density at radius 2 is 1.92 bits per heavy atom. The predicted molar refractivity (Wildman–Crippen MR) is 51.5 cm³/mol. The van der Waals surface area contributed by atoms with Crippen molar-refractivity contribution in [1.82, 2.24) is 0 Å². The first-order valence-corrected chi connectivity index (χ1v) is 4.23. The van der Waals surface area contributed by atoms with E-state index in [0.29, 0.717) is 0 Å². The molecule has 0 aliphatic carbocycles. The average Bonchev–Trinajstić information content (AvgIpc) is 2.02. The van der Waals surface area contributed by atoms with Gasteiger partial charge in [-0.25, -0.2) is 4.79 Å². The van der Waals surface area contributed by atoms with Crippen LogP contribution in [0.1, 0.15) is 26.7 Å². The Hall–Kier alpha value is -1.09. The summed E-state index contributed by atoms with van der Waals surface area (Å²) in [7, 11) is 0. The molecule has 0 aliphatic heterocycles. The van der Waals surface area contributed by atoms with Gasteiger partial charge in [0.1, 0.15) is 0 Å². The molecule has 0 unspecified atom stereocenters. The summed E-state index contributed by atoms with van der Waals surface area (Å²) in [5.74, 6) is -0.902. The first-order valence-electron chi connectivity index (χ1n) is 4.23. The molecule has 74 valence electrons. The number of hydrogen-bond acceptors (Lipinski definition) is 2.